The molecule has 2 rings (SSSR count). The molecular formula is C14H17F3N2O. The van der Waals surface area contributed by atoms with Gasteiger partial charge in [-0.15, -0.1) is 0 Å². The molecule has 0 atom stereocenters. The van der Waals surface area contributed by atoms with Crippen LogP contribution in [0, 0.1) is 17.5 Å². The molecule has 1 fully saturated rings. The Labute approximate surface area is 115 Å². The zero-order valence-corrected chi connectivity index (χ0v) is 11.0. The molecule has 1 aliphatic carbocycles. The van der Waals surface area contributed by atoms with Crippen LogP contribution >= 0.6 is 0 Å². The Balaban J connectivity index is 2.05. The van der Waals surface area contributed by atoms with Gasteiger partial charge in [0.05, 0.1) is 0 Å². The minimum Gasteiger partial charge on any atom is -0.350 e. The fourth-order valence-corrected chi connectivity index (χ4v) is 2.54. The number of carbonyl (C=O) groups is 1. The van der Waals surface area contributed by atoms with E-state index in [-0.39, 0.29) is 6.54 Å². The first-order valence-electron chi connectivity index (χ1n) is 6.63. The molecule has 1 aromatic carbocycles. The number of hydrogen-bond donors (Lipinski definition) is 2. The second kappa shape index (κ2) is 5.83. The minimum atomic E-state index is -1.21. The van der Waals surface area contributed by atoms with Crippen LogP contribution in [0.1, 0.15) is 42.5 Å². The third-order valence-corrected chi connectivity index (χ3v) is 3.68. The van der Waals surface area contributed by atoms with E-state index >= 15 is 0 Å². The molecule has 1 aliphatic rings. The molecule has 0 spiro atoms. The second-order valence-corrected chi connectivity index (χ2v) is 5.35. The maximum absolute atomic E-state index is 13.5. The first-order valence-corrected chi connectivity index (χ1v) is 6.63. The molecule has 1 aromatic rings. The molecule has 3 N–H and O–H groups in total. The fourth-order valence-electron chi connectivity index (χ4n) is 2.54. The third kappa shape index (κ3) is 3.30. The van der Waals surface area contributed by atoms with Crippen LogP contribution in [0.25, 0.3) is 0 Å². The monoisotopic (exact) mass is 286 g/mol. The van der Waals surface area contributed by atoms with E-state index in [1.165, 1.54) is 0 Å². The van der Waals surface area contributed by atoms with E-state index in [9.17, 15) is 18.0 Å². The van der Waals surface area contributed by atoms with Crippen molar-refractivity contribution < 1.29 is 18.0 Å². The molecule has 3 nitrogen and oxygen atoms in total. The van der Waals surface area contributed by atoms with E-state index in [1.807, 2.05) is 0 Å². The van der Waals surface area contributed by atoms with Crippen LogP contribution in [0.3, 0.4) is 0 Å². The van der Waals surface area contributed by atoms with E-state index in [0.29, 0.717) is 12.1 Å². The van der Waals surface area contributed by atoms with Crippen LogP contribution in [0.2, 0.25) is 0 Å². The van der Waals surface area contributed by atoms with Crippen LogP contribution in [0.5, 0.6) is 0 Å². The molecule has 0 bridgehead atoms. The highest BCUT2D eigenvalue weighted by Crippen LogP contribution is 2.25. The lowest BCUT2D eigenvalue weighted by Gasteiger charge is -2.33. The van der Waals surface area contributed by atoms with Gasteiger partial charge in [-0.2, -0.15) is 0 Å². The molecule has 1 amide bonds. The molecular weight excluding hydrogens is 269 g/mol. The summed E-state index contributed by atoms with van der Waals surface area (Å²) in [5.74, 6) is -4.39. The zero-order valence-electron chi connectivity index (χ0n) is 11.0. The van der Waals surface area contributed by atoms with Gasteiger partial charge in [0, 0.05) is 24.2 Å². The number of rotatable bonds is 3. The standard InChI is InChI=1S/C14H17F3N2O/c15-9-6-10(16)12(11(17)7-9)13(20)19-8-14(18)4-2-1-3-5-14/h6-7H,1-5,8,18H2,(H,19,20). The molecule has 0 unspecified atom stereocenters. The Morgan fingerprint density at radius 2 is 1.70 bits per heavy atom. The normalized spacial score (nSPS) is 17.8. The fraction of sp³-hybridized carbons (Fsp3) is 0.500. The lowest BCUT2D eigenvalue weighted by molar-refractivity contribution is 0.0929. The van der Waals surface area contributed by atoms with Gasteiger partial charge in [-0.25, -0.2) is 13.2 Å². The summed E-state index contributed by atoms with van der Waals surface area (Å²) in [6.07, 6.45) is 4.59. The molecule has 0 saturated heterocycles. The van der Waals surface area contributed by atoms with Gasteiger partial charge in [0.1, 0.15) is 23.0 Å². The summed E-state index contributed by atoms with van der Waals surface area (Å²) >= 11 is 0. The third-order valence-electron chi connectivity index (χ3n) is 3.68. The molecule has 1 saturated carbocycles. The smallest absolute Gasteiger partial charge is 0.257 e. The van der Waals surface area contributed by atoms with Crippen molar-refractivity contribution >= 4 is 5.91 Å². The largest absolute Gasteiger partial charge is 0.350 e. The molecule has 0 aromatic heterocycles. The molecule has 20 heavy (non-hydrogen) atoms. The molecule has 0 aliphatic heterocycles. The molecule has 110 valence electrons. The molecule has 0 radical (unpaired) electrons. The second-order valence-electron chi connectivity index (χ2n) is 5.35. The number of benzene rings is 1. The maximum atomic E-state index is 13.5. The summed E-state index contributed by atoms with van der Waals surface area (Å²) < 4.78 is 39.7. The summed E-state index contributed by atoms with van der Waals surface area (Å²) in [4.78, 5) is 11.8. The highest BCUT2D eigenvalue weighted by molar-refractivity contribution is 5.94. The summed E-state index contributed by atoms with van der Waals surface area (Å²) in [5.41, 5.74) is 4.82. The first kappa shape index (κ1) is 14.8. The van der Waals surface area contributed by atoms with Crippen molar-refractivity contribution in [3.8, 4) is 0 Å². The van der Waals surface area contributed by atoms with Gasteiger partial charge in [-0.05, 0) is 12.8 Å². The van der Waals surface area contributed by atoms with Gasteiger partial charge < -0.3 is 11.1 Å². The number of amides is 1. The van der Waals surface area contributed by atoms with Crippen LogP contribution in [0.4, 0.5) is 13.2 Å². The maximum Gasteiger partial charge on any atom is 0.257 e. The topological polar surface area (TPSA) is 55.1 Å². The molecule has 6 heteroatoms. The number of carbonyl (C=O) groups excluding carboxylic acids is 1. The van der Waals surface area contributed by atoms with E-state index in [1.54, 1.807) is 0 Å². The summed E-state index contributed by atoms with van der Waals surface area (Å²) in [5, 5.41) is 2.44. The van der Waals surface area contributed by atoms with Crippen molar-refractivity contribution in [2.24, 2.45) is 5.73 Å². The average Bonchev–Trinajstić information content (AvgIpc) is 2.36. The number of halogens is 3. The number of hydrogen-bond acceptors (Lipinski definition) is 2. The van der Waals surface area contributed by atoms with Gasteiger partial charge in [-0.3, -0.25) is 4.79 Å². The summed E-state index contributed by atoms with van der Waals surface area (Å²) in [6, 6.07) is 0.966. The Bertz CT molecular complexity index is 490. The average molecular weight is 286 g/mol. The van der Waals surface area contributed by atoms with E-state index in [4.69, 9.17) is 5.73 Å². The van der Waals surface area contributed by atoms with Gasteiger partial charge in [0.2, 0.25) is 0 Å². The van der Waals surface area contributed by atoms with E-state index in [2.05, 4.69) is 5.32 Å². The van der Waals surface area contributed by atoms with Gasteiger partial charge in [0.15, 0.2) is 0 Å². The quantitative estimate of drug-likeness (QED) is 0.897. The SMILES string of the molecule is NC1(CNC(=O)c2c(F)cc(F)cc2F)CCCCC1. The lowest BCUT2D eigenvalue weighted by atomic mass is 9.82. The summed E-state index contributed by atoms with van der Waals surface area (Å²) in [6.45, 7) is 0.155. The van der Waals surface area contributed by atoms with Crippen molar-refractivity contribution in [3.05, 3.63) is 35.1 Å². The molecule has 0 heterocycles. The van der Waals surface area contributed by atoms with Crippen LogP contribution in [-0.2, 0) is 0 Å². The Kier molecular flexibility index (Phi) is 4.32. The van der Waals surface area contributed by atoms with Gasteiger partial charge in [-0.1, -0.05) is 19.3 Å². The summed E-state index contributed by atoms with van der Waals surface area (Å²) in [7, 11) is 0. The Morgan fingerprint density at radius 3 is 2.25 bits per heavy atom. The first-order chi connectivity index (χ1) is 9.41. The Morgan fingerprint density at radius 1 is 1.15 bits per heavy atom. The highest BCUT2D eigenvalue weighted by Gasteiger charge is 2.29. The van der Waals surface area contributed by atoms with Crippen molar-refractivity contribution in [1.82, 2.24) is 5.32 Å². The predicted molar refractivity (Wildman–Crippen MR) is 68.7 cm³/mol. The minimum absolute atomic E-state index is 0.155. The van der Waals surface area contributed by atoms with E-state index < -0.39 is 34.5 Å². The van der Waals surface area contributed by atoms with E-state index in [0.717, 1.165) is 32.1 Å². The number of nitrogens with one attached hydrogen (secondary N) is 1. The van der Waals surface area contributed by atoms with Crippen molar-refractivity contribution in [2.75, 3.05) is 6.54 Å². The van der Waals surface area contributed by atoms with Crippen LogP contribution in [0.15, 0.2) is 12.1 Å². The van der Waals surface area contributed by atoms with Crippen LogP contribution < -0.4 is 11.1 Å². The van der Waals surface area contributed by atoms with Crippen molar-refractivity contribution in [2.45, 2.75) is 37.6 Å². The number of nitrogens with two attached hydrogens (primary N) is 1. The van der Waals surface area contributed by atoms with Gasteiger partial charge >= 0.3 is 0 Å². The van der Waals surface area contributed by atoms with Crippen LogP contribution in [-0.4, -0.2) is 18.0 Å². The predicted octanol–water partition coefficient (Wildman–Crippen LogP) is 2.50. The van der Waals surface area contributed by atoms with Crippen molar-refractivity contribution in [3.63, 3.8) is 0 Å². The zero-order chi connectivity index (χ0) is 14.8. The van der Waals surface area contributed by atoms with Gasteiger partial charge in [0.25, 0.3) is 5.91 Å². The lowest BCUT2D eigenvalue weighted by Crippen LogP contribution is -2.51. The van der Waals surface area contributed by atoms with Crippen molar-refractivity contribution in [1.29, 1.82) is 0 Å². The highest BCUT2D eigenvalue weighted by atomic mass is 19.1. The Hall–Kier alpha value is -1.56.